The lowest BCUT2D eigenvalue weighted by atomic mass is 10.1. The molecule has 0 heterocycles. The Morgan fingerprint density at radius 1 is 1.47 bits per heavy atom. The number of benzene rings is 1. The van der Waals surface area contributed by atoms with Crippen molar-refractivity contribution in [2.75, 3.05) is 20.6 Å². The zero-order valence-electron chi connectivity index (χ0n) is 10.5. The molecule has 0 saturated heterocycles. The molecule has 1 aromatic rings. The zero-order chi connectivity index (χ0) is 12.8. The molecule has 1 atom stereocenters. The molecule has 17 heavy (non-hydrogen) atoms. The Kier molecular flexibility index (Phi) is 5.08. The summed E-state index contributed by atoms with van der Waals surface area (Å²) in [5.41, 5.74) is 0.946. The molecule has 0 saturated carbocycles. The lowest BCUT2D eigenvalue weighted by Crippen LogP contribution is -2.35. The molecule has 0 aliphatic carbocycles. The highest BCUT2D eigenvalue weighted by molar-refractivity contribution is 5.32. The molecule has 0 amide bonds. The minimum atomic E-state index is -0.325. The summed E-state index contributed by atoms with van der Waals surface area (Å²) in [5.74, 6) is -0.325. The quantitative estimate of drug-likeness (QED) is 0.845. The second-order valence-electron chi connectivity index (χ2n) is 4.46. The highest BCUT2D eigenvalue weighted by Crippen LogP contribution is 2.09. The van der Waals surface area contributed by atoms with E-state index in [1.807, 2.05) is 20.2 Å². The van der Waals surface area contributed by atoms with Gasteiger partial charge in [0, 0.05) is 24.7 Å². The fourth-order valence-corrected chi connectivity index (χ4v) is 1.66. The van der Waals surface area contributed by atoms with Gasteiger partial charge < -0.3 is 10.2 Å². The molecule has 0 aliphatic rings. The number of nitrogens with one attached hydrogen (secondary N) is 1. The van der Waals surface area contributed by atoms with Gasteiger partial charge in [0.2, 0.25) is 0 Å². The lowest BCUT2D eigenvalue weighted by molar-refractivity contribution is 0.348. The largest absolute Gasteiger partial charge is 0.309 e. The van der Waals surface area contributed by atoms with Crippen LogP contribution in [0.15, 0.2) is 18.2 Å². The van der Waals surface area contributed by atoms with Crippen LogP contribution in [0.25, 0.3) is 0 Å². The van der Waals surface area contributed by atoms with Gasteiger partial charge in [0.15, 0.2) is 0 Å². The van der Waals surface area contributed by atoms with Crippen molar-refractivity contribution >= 4 is 0 Å². The maximum absolute atomic E-state index is 13.5. The lowest BCUT2D eigenvalue weighted by Gasteiger charge is -2.18. The molecular weight excluding hydrogens is 217 g/mol. The third-order valence-electron chi connectivity index (χ3n) is 2.46. The first-order chi connectivity index (χ1) is 8.02. The van der Waals surface area contributed by atoms with Crippen LogP contribution in [0.1, 0.15) is 18.1 Å². The van der Waals surface area contributed by atoms with E-state index in [9.17, 15) is 4.39 Å². The number of nitrogens with zero attached hydrogens (tertiary/aromatic N) is 2. The molecule has 4 heteroatoms. The van der Waals surface area contributed by atoms with Crippen LogP contribution in [0, 0.1) is 17.1 Å². The van der Waals surface area contributed by atoms with E-state index in [1.165, 1.54) is 6.07 Å². The Hall–Kier alpha value is -1.44. The van der Waals surface area contributed by atoms with Gasteiger partial charge in [-0.15, -0.1) is 0 Å². The maximum atomic E-state index is 13.5. The monoisotopic (exact) mass is 235 g/mol. The molecule has 0 aliphatic heterocycles. The van der Waals surface area contributed by atoms with Gasteiger partial charge in [-0.05, 0) is 33.2 Å². The molecule has 0 aromatic heterocycles. The second kappa shape index (κ2) is 6.33. The van der Waals surface area contributed by atoms with Crippen LogP contribution in [-0.2, 0) is 6.54 Å². The topological polar surface area (TPSA) is 39.1 Å². The van der Waals surface area contributed by atoms with Crippen molar-refractivity contribution < 1.29 is 4.39 Å². The van der Waals surface area contributed by atoms with Crippen molar-refractivity contribution in [3.8, 4) is 6.07 Å². The number of rotatable bonds is 5. The first-order valence-electron chi connectivity index (χ1n) is 5.59. The standard InChI is InChI=1S/C13H18FN3/c1-10(9-17(2)3)16-8-12-5-4-11(7-15)6-13(12)14/h4-6,10,16H,8-9H2,1-3H3. The summed E-state index contributed by atoms with van der Waals surface area (Å²) >= 11 is 0. The van der Waals surface area contributed by atoms with Crippen LogP contribution in [0.2, 0.25) is 0 Å². The molecule has 92 valence electrons. The van der Waals surface area contributed by atoms with Crippen LogP contribution < -0.4 is 5.32 Å². The minimum Gasteiger partial charge on any atom is -0.309 e. The van der Waals surface area contributed by atoms with Crippen molar-refractivity contribution in [3.05, 3.63) is 35.1 Å². The Balaban J connectivity index is 2.55. The van der Waals surface area contributed by atoms with Crippen molar-refractivity contribution in [1.82, 2.24) is 10.2 Å². The zero-order valence-corrected chi connectivity index (χ0v) is 10.5. The van der Waals surface area contributed by atoms with Crippen molar-refractivity contribution in [2.45, 2.75) is 19.5 Å². The molecule has 0 radical (unpaired) electrons. The van der Waals surface area contributed by atoms with E-state index >= 15 is 0 Å². The third-order valence-corrected chi connectivity index (χ3v) is 2.46. The van der Waals surface area contributed by atoms with Gasteiger partial charge in [0.1, 0.15) is 5.82 Å². The average molecular weight is 235 g/mol. The van der Waals surface area contributed by atoms with Crippen LogP contribution in [0.4, 0.5) is 4.39 Å². The Morgan fingerprint density at radius 2 is 2.18 bits per heavy atom. The minimum absolute atomic E-state index is 0.292. The number of hydrogen-bond acceptors (Lipinski definition) is 3. The van der Waals surface area contributed by atoms with E-state index in [4.69, 9.17) is 5.26 Å². The number of halogens is 1. The molecule has 0 bridgehead atoms. The Morgan fingerprint density at radius 3 is 2.71 bits per heavy atom. The number of likely N-dealkylation sites (N-methyl/N-ethyl adjacent to an activating group) is 1. The van der Waals surface area contributed by atoms with Crippen molar-refractivity contribution in [2.24, 2.45) is 0 Å². The van der Waals surface area contributed by atoms with Gasteiger partial charge >= 0.3 is 0 Å². The maximum Gasteiger partial charge on any atom is 0.129 e. The van der Waals surface area contributed by atoms with E-state index in [0.29, 0.717) is 23.7 Å². The molecule has 0 spiro atoms. The fraction of sp³-hybridized carbons (Fsp3) is 0.462. The summed E-state index contributed by atoms with van der Waals surface area (Å²) in [6.07, 6.45) is 0. The van der Waals surface area contributed by atoms with E-state index in [2.05, 4.69) is 17.1 Å². The highest BCUT2D eigenvalue weighted by atomic mass is 19.1. The summed E-state index contributed by atoms with van der Waals surface area (Å²) in [7, 11) is 4.00. The predicted molar refractivity (Wildman–Crippen MR) is 66.0 cm³/mol. The predicted octanol–water partition coefficient (Wildman–Crippen LogP) is 1.74. The summed E-state index contributed by atoms with van der Waals surface area (Å²) in [6.45, 7) is 3.44. The van der Waals surface area contributed by atoms with Crippen LogP contribution in [-0.4, -0.2) is 31.6 Å². The van der Waals surface area contributed by atoms with Gasteiger partial charge in [-0.2, -0.15) is 5.26 Å². The highest BCUT2D eigenvalue weighted by Gasteiger charge is 2.06. The first-order valence-corrected chi connectivity index (χ1v) is 5.59. The fourth-order valence-electron chi connectivity index (χ4n) is 1.66. The summed E-state index contributed by atoms with van der Waals surface area (Å²) in [4.78, 5) is 2.08. The van der Waals surface area contributed by atoms with Crippen LogP contribution >= 0.6 is 0 Å². The van der Waals surface area contributed by atoms with E-state index in [1.54, 1.807) is 12.1 Å². The van der Waals surface area contributed by atoms with E-state index in [-0.39, 0.29) is 5.82 Å². The summed E-state index contributed by atoms with van der Waals surface area (Å²) in [5, 5.41) is 11.9. The molecule has 3 nitrogen and oxygen atoms in total. The van der Waals surface area contributed by atoms with E-state index < -0.39 is 0 Å². The number of nitriles is 1. The normalized spacial score (nSPS) is 12.5. The van der Waals surface area contributed by atoms with Crippen molar-refractivity contribution in [1.29, 1.82) is 5.26 Å². The van der Waals surface area contributed by atoms with Crippen LogP contribution in [0.3, 0.4) is 0 Å². The molecule has 0 fully saturated rings. The second-order valence-corrected chi connectivity index (χ2v) is 4.46. The van der Waals surface area contributed by atoms with Gasteiger partial charge in [-0.1, -0.05) is 6.07 Å². The Bertz CT molecular complexity index is 410. The van der Waals surface area contributed by atoms with E-state index in [0.717, 1.165) is 6.54 Å². The van der Waals surface area contributed by atoms with Crippen molar-refractivity contribution in [3.63, 3.8) is 0 Å². The summed E-state index contributed by atoms with van der Waals surface area (Å²) < 4.78 is 13.5. The van der Waals surface area contributed by atoms with Gasteiger partial charge in [0.25, 0.3) is 0 Å². The smallest absolute Gasteiger partial charge is 0.129 e. The molecule has 1 N–H and O–H groups in total. The third kappa shape index (κ3) is 4.51. The first kappa shape index (κ1) is 13.6. The average Bonchev–Trinajstić information content (AvgIpc) is 2.26. The van der Waals surface area contributed by atoms with Crippen LogP contribution in [0.5, 0.6) is 0 Å². The molecule has 1 rings (SSSR count). The number of hydrogen-bond donors (Lipinski definition) is 1. The Labute approximate surface area is 102 Å². The van der Waals surface area contributed by atoms with Gasteiger partial charge in [0.05, 0.1) is 11.6 Å². The molecule has 1 aromatic carbocycles. The van der Waals surface area contributed by atoms with Gasteiger partial charge in [-0.25, -0.2) is 4.39 Å². The SMILES string of the molecule is CC(CN(C)C)NCc1ccc(C#N)cc1F. The van der Waals surface area contributed by atoms with Gasteiger partial charge in [-0.3, -0.25) is 0 Å². The summed E-state index contributed by atoms with van der Waals surface area (Å²) in [6, 6.07) is 6.77. The molecule has 1 unspecified atom stereocenters. The molecular formula is C13H18FN3.